The topological polar surface area (TPSA) is 65.4 Å². The number of nitriles is 1. The number of hydrogen-bond donors (Lipinski definition) is 1. The Labute approximate surface area is 143 Å². The first kappa shape index (κ1) is 16.9. The molecule has 5 nitrogen and oxygen atoms in total. The van der Waals surface area contributed by atoms with Crippen molar-refractivity contribution in [3.05, 3.63) is 35.9 Å². The average molecular weight is 327 g/mol. The Morgan fingerprint density at radius 2 is 1.92 bits per heavy atom. The zero-order valence-corrected chi connectivity index (χ0v) is 14.0. The molecule has 1 aliphatic heterocycles. The molecule has 0 radical (unpaired) electrons. The predicted octanol–water partition coefficient (Wildman–Crippen LogP) is 2.26. The van der Waals surface area contributed by atoms with Crippen LogP contribution in [0.4, 0.5) is 0 Å². The van der Waals surface area contributed by atoms with Crippen LogP contribution in [0.5, 0.6) is 0 Å². The molecule has 3 rings (SSSR count). The van der Waals surface area contributed by atoms with Crippen LogP contribution >= 0.6 is 0 Å². The fourth-order valence-corrected chi connectivity index (χ4v) is 3.75. The number of carbonyl (C=O) groups is 1. The van der Waals surface area contributed by atoms with Crippen molar-refractivity contribution in [2.45, 2.75) is 31.7 Å². The summed E-state index contributed by atoms with van der Waals surface area (Å²) in [5.74, 6) is -0.100. The summed E-state index contributed by atoms with van der Waals surface area (Å²) >= 11 is 0. The fraction of sp³-hybridized carbons (Fsp3) is 0.579. The average Bonchev–Trinajstić information content (AvgIpc) is 3.14. The lowest BCUT2D eigenvalue weighted by molar-refractivity contribution is -0.128. The smallest absolute Gasteiger partial charge is 0.240 e. The van der Waals surface area contributed by atoms with Gasteiger partial charge in [-0.1, -0.05) is 43.2 Å². The molecule has 2 aliphatic rings. The summed E-state index contributed by atoms with van der Waals surface area (Å²) in [7, 11) is 0. The first-order valence-electron chi connectivity index (χ1n) is 8.81. The molecule has 1 amide bonds. The number of benzene rings is 1. The van der Waals surface area contributed by atoms with E-state index >= 15 is 0 Å². The summed E-state index contributed by atoms with van der Waals surface area (Å²) in [5, 5.41) is 12.5. The number of carbonyl (C=O) groups excluding carboxylic acids is 1. The van der Waals surface area contributed by atoms with E-state index in [9.17, 15) is 10.1 Å². The van der Waals surface area contributed by atoms with E-state index in [1.54, 1.807) is 0 Å². The minimum Gasteiger partial charge on any atom is -0.379 e. The van der Waals surface area contributed by atoms with Gasteiger partial charge in [0.05, 0.1) is 25.3 Å². The van der Waals surface area contributed by atoms with Gasteiger partial charge in [-0.2, -0.15) is 5.26 Å². The van der Waals surface area contributed by atoms with Crippen LogP contribution < -0.4 is 5.32 Å². The van der Waals surface area contributed by atoms with E-state index in [1.165, 1.54) is 5.56 Å². The van der Waals surface area contributed by atoms with Gasteiger partial charge in [-0.05, 0) is 18.4 Å². The number of amides is 1. The highest BCUT2D eigenvalue weighted by atomic mass is 16.5. The van der Waals surface area contributed by atoms with E-state index in [4.69, 9.17) is 4.74 Å². The molecule has 5 heteroatoms. The number of hydrogen-bond acceptors (Lipinski definition) is 4. The van der Waals surface area contributed by atoms with Gasteiger partial charge < -0.3 is 10.1 Å². The quantitative estimate of drug-likeness (QED) is 0.901. The lowest BCUT2D eigenvalue weighted by Gasteiger charge is -2.35. The Morgan fingerprint density at radius 1 is 1.25 bits per heavy atom. The number of morpholine rings is 1. The number of rotatable bonds is 5. The van der Waals surface area contributed by atoms with Crippen LogP contribution in [0.3, 0.4) is 0 Å². The minimum atomic E-state index is -0.813. The summed E-state index contributed by atoms with van der Waals surface area (Å²) in [4.78, 5) is 15.0. The largest absolute Gasteiger partial charge is 0.379 e. The Morgan fingerprint density at radius 3 is 2.54 bits per heavy atom. The van der Waals surface area contributed by atoms with Crippen LogP contribution in [-0.4, -0.2) is 43.7 Å². The number of nitrogens with zero attached hydrogens (tertiary/aromatic N) is 2. The highest BCUT2D eigenvalue weighted by molar-refractivity contribution is 5.85. The highest BCUT2D eigenvalue weighted by Gasteiger charge is 2.41. The molecule has 1 saturated heterocycles. The summed E-state index contributed by atoms with van der Waals surface area (Å²) in [6.45, 7) is 3.70. The molecular weight excluding hydrogens is 302 g/mol. The van der Waals surface area contributed by atoms with Gasteiger partial charge in [0.25, 0.3) is 0 Å². The van der Waals surface area contributed by atoms with Crippen LogP contribution in [0, 0.1) is 16.7 Å². The molecule has 128 valence electrons. The van der Waals surface area contributed by atoms with Gasteiger partial charge in [0.1, 0.15) is 5.41 Å². The van der Waals surface area contributed by atoms with Crippen LogP contribution in [0.1, 0.15) is 37.3 Å². The molecule has 1 atom stereocenters. The third kappa shape index (κ3) is 3.61. The first-order valence-corrected chi connectivity index (χ1v) is 8.81. The SMILES string of the molecule is N#CC1(C(=O)NCC(c2ccccc2)N2CCOCC2)CCCC1. The van der Waals surface area contributed by atoms with E-state index in [2.05, 4.69) is 28.4 Å². The van der Waals surface area contributed by atoms with Gasteiger partial charge in [-0.3, -0.25) is 9.69 Å². The van der Waals surface area contributed by atoms with E-state index < -0.39 is 5.41 Å². The van der Waals surface area contributed by atoms with Gasteiger partial charge in [0.2, 0.25) is 5.91 Å². The number of ether oxygens (including phenoxy) is 1. The van der Waals surface area contributed by atoms with E-state index in [0.717, 1.165) is 39.1 Å². The zero-order chi connectivity index (χ0) is 16.8. The Hall–Kier alpha value is -1.90. The molecule has 1 aliphatic carbocycles. The highest BCUT2D eigenvalue weighted by Crippen LogP contribution is 2.37. The molecular formula is C19H25N3O2. The van der Waals surface area contributed by atoms with Crippen LogP contribution in [-0.2, 0) is 9.53 Å². The van der Waals surface area contributed by atoms with Gasteiger partial charge in [0.15, 0.2) is 0 Å². The maximum atomic E-state index is 12.6. The second kappa shape index (κ2) is 7.78. The molecule has 1 heterocycles. The molecule has 0 spiro atoms. The summed E-state index contributed by atoms with van der Waals surface area (Å²) < 4.78 is 5.45. The molecule has 2 fully saturated rings. The van der Waals surface area contributed by atoms with Gasteiger partial charge in [-0.15, -0.1) is 0 Å². The lowest BCUT2D eigenvalue weighted by Crippen LogP contribution is -2.46. The molecule has 1 aromatic carbocycles. The molecule has 1 N–H and O–H groups in total. The van der Waals surface area contributed by atoms with Crippen molar-refractivity contribution >= 4 is 5.91 Å². The standard InChI is InChI=1S/C19H25N3O2/c20-15-19(8-4-5-9-19)18(23)21-14-17(16-6-2-1-3-7-16)22-10-12-24-13-11-22/h1-3,6-7,17H,4-5,8-14H2,(H,21,23). The van der Waals surface area contributed by atoms with Crippen molar-refractivity contribution in [1.82, 2.24) is 10.2 Å². The summed E-state index contributed by atoms with van der Waals surface area (Å²) in [6, 6.07) is 12.6. The molecule has 0 aromatic heterocycles. The van der Waals surface area contributed by atoms with Crippen LogP contribution in [0.25, 0.3) is 0 Å². The second-order valence-corrected chi connectivity index (χ2v) is 6.69. The van der Waals surface area contributed by atoms with Gasteiger partial charge in [0, 0.05) is 19.6 Å². The third-order valence-corrected chi connectivity index (χ3v) is 5.23. The van der Waals surface area contributed by atoms with E-state index in [1.807, 2.05) is 18.2 Å². The Bertz CT molecular complexity index is 584. The van der Waals surface area contributed by atoms with Gasteiger partial charge >= 0.3 is 0 Å². The van der Waals surface area contributed by atoms with Crippen molar-refractivity contribution < 1.29 is 9.53 Å². The maximum absolute atomic E-state index is 12.6. The zero-order valence-electron chi connectivity index (χ0n) is 14.0. The molecule has 1 aromatic rings. The van der Waals surface area contributed by atoms with Gasteiger partial charge in [-0.25, -0.2) is 0 Å². The predicted molar refractivity (Wildman–Crippen MR) is 91.1 cm³/mol. The second-order valence-electron chi connectivity index (χ2n) is 6.69. The molecule has 0 bridgehead atoms. The Balaban J connectivity index is 1.70. The van der Waals surface area contributed by atoms with Crippen molar-refractivity contribution in [2.24, 2.45) is 5.41 Å². The van der Waals surface area contributed by atoms with Crippen molar-refractivity contribution in [2.75, 3.05) is 32.8 Å². The van der Waals surface area contributed by atoms with E-state index in [-0.39, 0.29) is 11.9 Å². The Kier molecular flexibility index (Phi) is 5.49. The molecule has 1 saturated carbocycles. The normalized spacial score (nSPS) is 21.8. The molecule has 24 heavy (non-hydrogen) atoms. The molecule has 1 unspecified atom stereocenters. The third-order valence-electron chi connectivity index (χ3n) is 5.23. The van der Waals surface area contributed by atoms with Crippen molar-refractivity contribution in [3.8, 4) is 6.07 Å². The van der Waals surface area contributed by atoms with Crippen molar-refractivity contribution in [3.63, 3.8) is 0 Å². The number of nitrogens with one attached hydrogen (secondary N) is 1. The minimum absolute atomic E-state index is 0.100. The first-order chi connectivity index (χ1) is 11.7. The monoisotopic (exact) mass is 327 g/mol. The summed E-state index contributed by atoms with van der Waals surface area (Å²) in [5.41, 5.74) is 0.379. The van der Waals surface area contributed by atoms with Crippen LogP contribution in [0.2, 0.25) is 0 Å². The maximum Gasteiger partial charge on any atom is 0.240 e. The lowest BCUT2D eigenvalue weighted by atomic mass is 9.87. The van der Waals surface area contributed by atoms with Crippen LogP contribution in [0.15, 0.2) is 30.3 Å². The van der Waals surface area contributed by atoms with Crippen molar-refractivity contribution in [1.29, 1.82) is 5.26 Å². The fourth-order valence-electron chi connectivity index (χ4n) is 3.75. The van der Waals surface area contributed by atoms with E-state index in [0.29, 0.717) is 19.4 Å². The summed E-state index contributed by atoms with van der Waals surface area (Å²) in [6.07, 6.45) is 3.30.